The zero-order valence-electron chi connectivity index (χ0n) is 20.8. The van der Waals surface area contributed by atoms with Crippen molar-refractivity contribution in [2.24, 2.45) is 0 Å². The minimum Gasteiger partial charge on any atom is -0.382 e. The first-order chi connectivity index (χ1) is 17.3. The molecule has 0 amide bonds. The van der Waals surface area contributed by atoms with Crippen LogP contribution in [0.25, 0.3) is 28.0 Å². The average molecular weight is 509 g/mol. The van der Waals surface area contributed by atoms with Gasteiger partial charge in [0.2, 0.25) is 0 Å². The molecule has 0 aliphatic rings. The molecule has 0 spiro atoms. The molecule has 4 rings (SSSR count). The van der Waals surface area contributed by atoms with Crippen LogP contribution in [0.1, 0.15) is 38.6 Å². The third-order valence-corrected chi connectivity index (χ3v) is 7.15. The molecule has 4 aromatic rings. The van der Waals surface area contributed by atoms with Crippen molar-refractivity contribution in [3.8, 4) is 0 Å². The molecule has 190 valence electrons. The van der Waals surface area contributed by atoms with Gasteiger partial charge in [0, 0.05) is 30.6 Å². The minimum atomic E-state index is -3.55. The quantitative estimate of drug-likeness (QED) is 0.285. The second-order valence-electron chi connectivity index (χ2n) is 8.72. The number of imidazole rings is 1. The lowest BCUT2D eigenvalue weighted by Gasteiger charge is -2.12. The van der Waals surface area contributed by atoms with E-state index < -0.39 is 9.84 Å². The third-order valence-electron chi connectivity index (χ3n) is 5.73. The highest BCUT2D eigenvalue weighted by molar-refractivity contribution is 7.94. The Hall–Kier alpha value is -3.27. The number of aryl methyl sites for hydroxylation is 1. The van der Waals surface area contributed by atoms with E-state index in [1.54, 1.807) is 36.4 Å². The van der Waals surface area contributed by atoms with Crippen molar-refractivity contribution in [2.45, 2.75) is 51.3 Å². The molecule has 36 heavy (non-hydrogen) atoms. The van der Waals surface area contributed by atoms with Crippen LogP contribution in [0.3, 0.4) is 0 Å². The maximum atomic E-state index is 12.6. The van der Waals surface area contributed by atoms with Crippen LogP contribution >= 0.6 is 0 Å². The first-order valence-electron chi connectivity index (χ1n) is 12.1. The summed E-state index contributed by atoms with van der Waals surface area (Å²) in [5, 5.41) is 2.10. The predicted octanol–water partition coefficient (Wildman–Crippen LogP) is 4.96. The number of nitrogens with two attached hydrogens (primary N) is 1. The van der Waals surface area contributed by atoms with Crippen LogP contribution in [0.5, 0.6) is 0 Å². The van der Waals surface area contributed by atoms with Gasteiger partial charge in [-0.3, -0.25) is 0 Å². The van der Waals surface area contributed by atoms with Crippen molar-refractivity contribution in [2.75, 3.05) is 18.9 Å². The van der Waals surface area contributed by atoms with E-state index in [0.29, 0.717) is 48.8 Å². The fourth-order valence-corrected chi connectivity index (χ4v) is 5.05. The van der Waals surface area contributed by atoms with Gasteiger partial charge in [0.15, 0.2) is 15.7 Å². The summed E-state index contributed by atoms with van der Waals surface area (Å²) in [6.45, 7) is 8.26. The summed E-state index contributed by atoms with van der Waals surface area (Å²) in [6.07, 6.45) is 2.56. The second kappa shape index (κ2) is 11.2. The van der Waals surface area contributed by atoms with Crippen molar-refractivity contribution < 1.29 is 17.9 Å². The average Bonchev–Trinajstić information content (AvgIpc) is 3.23. The van der Waals surface area contributed by atoms with Gasteiger partial charge in [-0.15, -0.1) is 0 Å². The molecule has 0 saturated heterocycles. The lowest BCUT2D eigenvalue weighted by molar-refractivity contribution is 0.0742. The van der Waals surface area contributed by atoms with E-state index in [-0.39, 0.29) is 11.0 Å². The molecular weight excluding hydrogens is 476 g/mol. The Kier molecular flexibility index (Phi) is 8.03. The molecule has 0 bridgehead atoms. The number of fused-ring (bicyclic) bond motifs is 3. The van der Waals surface area contributed by atoms with E-state index in [1.165, 1.54) is 5.41 Å². The topological polar surface area (TPSA) is 109 Å². The number of nitrogen functional groups attached to an aromatic ring is 1. The Balaban J connectivity index is 1.73. The number of aromatic nitrogens is 3. The van der Waals surface area contributed by atoms with Crippen molar-refractivity contribution in [1.29, 1.82) is 0 Å². The van der Waals surface area contributed by atoms with Gasteiger partial charge in [-0.25, -0.2) is 18.4 Å². The third kappa shape index (κ3) is 5.75. The highest BCUT2D eigenvalue weighted by atomic mass is 32.2. The normalized spacial score (nSPS) is 12.4. The van der Waals surface area contributed by atoms with E-state index in [1.807, 2.05) is 39.0 Å². The molecule has 0 unspecified atom stereocenters. The van der Waals surface area contributed by atoms with Gasteiger partial charge in [0.25, 0.3) is 0 Å². The molecule has 0 radical (unpaired) electrons. The van der Waals surface area contributed by atoms with Crippen molar-refractivity contribution in [3.05, 3.63) is 65.3 Å². The molecule has 0 atom stereocenters. The molecule has 0 aliphatic carbocycles. The molecule has 9 heteroatoms. The zero-order chi connectivity index (χ0) is 25.7. The first-order valence-corrected chi connectivity index (χ1v) is 13.6. The maximum absolute atomic E-state index is 12.6. The van der Waals surface area contributed by atoms with Crippen LogP contribution < -0.4 is 5.73 Å². The molecule has 2 aromatic carbocycles. The second-order valence-corrected chi connectivity index (χ2v) is 10.6. The lowest BCUT2D eigenvalue weighted by Crippen LogP contribution is -2.10. The Bertz CT molecular complexity index is 1480. The van der Waals surface area contributed by atoms with Crippen LogP contribution in [0.15, 0.2) is 58.8 Å². The van der Waals surface area contributed by atoms with Crippen LogP contribution in [0.2, 0.25) is 0 Å². The fraction of sp³-hybridized carbons (Fsp3) is 0.333. The summed E-state index contributed by atoms with van der Waals surface area (Å²) in [4.78, 5) is 9.58. The Labute approximate surface area is 211 Å². The molecule has 2 aromatic heterocycles. The van der Waals surface area contributed by atoms with Gasteiger partial charge in [-0.2, -0.15) is 0 Å². The van der Waals surface area contributed by atoms with Crippen LogP contribution in [0.4, 0.5) is 5.82 Å². The summed E-state index contributed by atoms with van der Waals surface area (Å²) in [6, 6.07) is 14.0. The molecule has 0 aliphatic heterocycles. The van der Waals surface area contributed by atoms with Crippen molar-refractivity contribution >= 4 is 43.7 Å². The minimum absolute atomic E-state index is 0.172. The Morgan fingerprint density at radius 1 is 1.11 bits per heavy atom. The predicted molar refractivity (Wildman–Crippen MR) is 143 cm³/mol. The largest absolute Gasteiger partial charge is 0.382 e. The van der Waals surface area contributed by atoms with Crippen LogP contribution in [0, 0.1) is 0 Å². The van der Waals surface area contributed by atoms with E-state index in [9.17, 15) is 8.42 Å². The number of rotatable bonds is 11. The number of anilines is 1. The van der Waals surface area contributed by atoms with Gasteiger partial charge in [-0.1, -0.05) is 30.3 Å². The number of pyridine rings is 1. The van der Waals surface area contributed by atoms with Crippen molar-refractivity contribution in [3.63, 3.8) is 0 Å². The Morgan fingerprint density at radius 3 is 2.61 bits per heavy atom. The van der Waals surface area contributed by atoms with Gasteiger partial charge in [0.1, 0.15) is 17.9 Å². The first kappa shape index (κ1) is 25.8. The smallest absolute Gasteiger partial charge is 0.199 e. The number of benzene rings is 2. The molecule has 8 nitrogen and oxygen atoms in total. The van der Waals surface area contributed by atoms with E-state index in [0.717, 1.165) is 23.1 Å². The van der Waals surface area contributed by atoms with E-state index >= 15 is 0 Å². The monoisotopic (exact) mass is 508 g/mol. The fourth-order valence-electron chi connectivity index (χ4n) is 4.02. The molecular formula is C27H32N4O4S. The summed E-state index contributed by atoms with van der Waals surface area (Å²) in [5.74, 6) is 1.11. The lowest BCUT2D eigenvalue weighted by atomic mass is 10.1. The van der Waals surface area contributed by atoms with Gasteiger partial charge in [0.05, 0.1) is 22.0 Å². The molecule has 0 fully saturated rings. The standard InChI is InChI=1S/C27H32N4O4S/c1-4-34-18-24-30-25-26(31(24)14-8-15-35-19(2)3)22-12-11-20(17-23(22)29-27(25)28)13-16-36(32,33)21-9-6-5-7-10-21/h5-7,9-13,16-17,19H,4,8,14-15,18H2,1-3H3,(H2,28,29)/b16-13+. The van der Waals surface area contributed by atoms with E-state index in [4.69, 9.17) is 20.2 Å². The highest BCUT2D eigenvalue weighted by Crippen LogP contribution is 2.30. The van der Waals surface area contributed by atoms with Gasteiger partial charge >= 0.3 is 0 Å². The number of hydrogen-bond acceptors (Lipinski definition) is 7. The van der Waals surface area contributed by atoms with Crippen molar-refractivity contribution in [1.82, 2.24) is 14.5 Å². The van der Waals surface area contributed by atoms with Crippen LogP contribution in [-0.4, -0.2) is 42.3 Å². The summed E-state index contributed by atoms with van der Waals surface area (Å²) in [7, 11) is -3.55. The SMILES string of the molecule is CCOCc1nc2c(N)nc3cc(/C=C/S(=O)(=O)c4ccccc4)ccc3c2n1CCCOC(C)C. The van der Waals surface area contributed by atoms with Gasteiger partial charge < -0.3 is 19.8 Å². The van der Waals surface area contributed by atoms with Gasteiger partial charge in [-0.05, 0) is 57.0 Å². The number of ether oxygens (including phenoxy) is 2. The Morgan fingerprint density at radius 2 is 1.89 bits per heavy atom. The van der Waals surface area contributed by atoms with Crippen LogP contribution in [-0.2, 0) is 32.5 Å². The zero-order valence-corrected chi connectivity index (χ0v) is 21.7. The molecule has 0 saturated carbocycles. The number of sulfone groups is 1. The summed E-state index contributed by atoms with van der Waals surface area (Å²) >= 11 is 0. The summed E-state index contributed by atoms with van der Waals surface area (Å²) < 4.78 is 38.8. The highest BCUT2D eigenvalue weighted by Gasteiger charge is 2.18. The maximum Gasteiger partial charge on any atom is 0.199 e. The number of nitrogens with zero attached hydrogens (tertiary/aromatic N) is 3. The molecule has 2 heterocycles. The molecule has 2 N–H and O–H groups in total. The summed E-state index contributed by atoms with van der Waals surface area (Å²) in [5.41, 5.74) is 9.24. The van der Waals surface area contributed by atoms with E-state index in [2.05, 4.69) is 9.55 Å². The number of hydrogen-bond donors (Lipinski definition) is 1.